The van der Waals surface area contributed by atoms with Crippen LogP contribution in [0.5, 0.6) is 0 Å². The minimum absolute atomic E-state index is 0.650. The van der Waals surface area contributed by atoms with E-state index in [2.05, 4.69) is 0 Å². The van der Waals surface area contributed by atoms with E-state index in [4.69, 9.17) is 4.74 Å². The molecule has 1 fully saturated rings. The summed E-state index contributed by atoms with van der Waals surface area (Å²) in [6.07, 6.45) is -2.16. The van der Waals surface area contributed by atoms with E-state index in [1.54, 1.807) is 0 Å². The van der Waals surface area contributed by atoms with Gasteiger partial charge in [-0.15, -0.1) is 0 Å². The van der Waals surface area contributed by atoms with E-state index in [9.17, 15) is 29.3 Å². The number of aliphatic hydroxyl groups excluding tert-OH is 2. The number of hydrogen-bond acceptors (Lipinski definition) is 6. The minimum atomic E-state index is -2.03. The van der Waals surface area contributed by atoms with Crippen LogP contribution in [0, 0.1) is 0 Å². The first kappa shape index (κ1) is 14.9. The minimum Gasteiger partial charge on any atom is -0.393 e. The average Bonchev–Trinajstić information content (AvgIpc) is 2.60. The molecular formula is C11H15FN2O6. The van der Waals surface area contributed by atoms with E-state index < -0.39 is 48.1 Å². The summed E-state index contributed by atoms with van der Waals surface area (Å²) in [5.74, 6) is 0. The molecule has 0 saturated carbocycles. The molecule has 0 aromatic carbocycles. The number of ether oxygens (including phenoxy) is 1. The van der Waals surface area contributed by atoms with Gasteiger partial charge in [-0.1, -0.05) is 0 Å². The van der Waals surface area contributed by atoms with Crippen molar-refractivity contribution >= 4 is 0 Å². The van der Waals surface area contributed by atoms with Gasteiger partial charge in [0.15, 0.2) is 11.8 Å². The molecule has 0 amide bonds. The fraction of sp³-hybridized carbons (Fsp3) is 0.636. The van der Waals surface area contributed by atoms with Gasteiger partial charge in [0, 0.05) is 12.3 Å². The molecule has 9 heteroatoms. The molecule has 1 aromatic rings. The molecule has 1 aliphatic rings. The highest BCUT2D eigenvalue weighted by atomic mass is 19.1. The normalized spacial score (nSPS) is 37.2. The smallest absolute Gasteiger partial charge is 0.330 e. The number of nitrogens with zero attached hydrogens (tertiary/aromatic N) is 1. The van der Waals surface area contributed by atoms with Gasteiger partial charge < -0.3 is 20.1 Å². The summed E-state index contributed by atoms with van der Waals surface area (Å²) in [5.41, 5.74) is -5.59. The van der Waals surface area contributed by atoms with Gasteiger partial charge in [-0.05, 0) is 6.92 Å². The second kappa shape index (κ2) is 4.77. The van der Waals surface area contributed by atoms with Gasteiger partial charge in [-0.3, -0.25) is 14.3 Å². The van der Waals surface area contributed by atoms with Crippen LogP contribution in [0.1, 0.15) is 13.2 Å². The number of rotatable bonds is 3. The number of H-pyrrole nitrogens is 1. The number of aliphatic hydroxyl groups is 3. The van der Waals surface area contributed by atoms with Crippen molar-refractivity contribution in [1.29, 1.82) is 0 Å². The van der Waals surface area contributed by atoms with Crippen molar-refractivity contribution in [3.63, 3.8) is 0 Å². The Labute approximate surface area is 112 Å². The van der Waals surface area contributed by atoms with Gasteiger partial charge in [0.05, 0.1) is 6.61 Å². The first-order chi connectivity index (χ1) is 9.28. The molecule has 2 rings (SSSR count). The molecule has 0 aliphatic carbocycles. The fourth-order valence-corrected chi connectivity index (χ4v) is 2.29. The molecule has 2 heterocycles. The van der Waals surface area contributed by atoms with Crippen LogP contribution in [0.15, 0.2) is 21.9 Å². The number of hydrogen-bond donors (Lipinski definition) is 4. The molecule has 1 aliphatic heterocycles. The van der Waals surface area contributed by atoms with Gasteiger partial charge in [0.2, 0.25) is 0 Å². The van der Waals surface area contributed by atoms with Crippen molar-refractivity contribution < 1.29 is 24.4 Å². The molecular weight excluding hydrogens is 275 g/mol. The lowest BCUT2D eigenvalue weighted by molar-refractivity contribution is -0.140. The fourth-order valence-electron chi connectivity index (χ4n) is 2.29. The number of aromatic amines is 1. The lowest BCUT2D eigenvalue weighted by Crippen LogP contribution is -2.53. The van der Waals surface area contributed by atoms with E-state index in [1.807, 2.05) is 4.98 Å². The molecule has 112 valence electrons. The topological polar surface area (TPSA) is 125 Å². The number of halogens is 1. The highest BCUT2D eigenvalue weighted by Crippen LogP contribution is 2.43. The SMILES string of the molecule is C[C@@]1(O)[C@H](O)C(CO)(CF)O[C@H]1n1ccc(=O)[nH]c1=O. The maximum absolute atomic E-state index is 13.1. The average molecular weight is 290 g/mol. The third kappa shape index (κ3) is 1.99. The van der Waals surface area contributed by atoms with Crippen LogP contribution in [0.3, 0.4) is 0 Å². The van der Waals surface area contributed by atoms with E-state index in [0.29, 0.717) is 0 Å². The Morgan fingerprint density at radius 2 is 2.20 bits per heavy atom. The molecule has 4 N–H and O–H groups in total. The maximum atomic E-state index is 13.1. The quantitative estimate of drug-likeness (QED) is 0.504. The molecule has 20 heavy (non-hydrogen) atoms. The molecule has 1 unspecified atom stereocenters. The van der Waals surface area contributed by atoms with E-state index in [0.717, 1.165) is 23.8 Å². The number of nitrogens with one attached hydrogen (secondary N) is 1. The summed E-state index contributed by atoms with van der Waals surface area (Å²) < 4.78 is 19.1. The zero-order valence-corrected chi connectivity index (χ0v) is 10.6. The molecule has 1 aromatic heterocycles. The number of aromatic nitrogens is 2. The molecule has 0 bridgehead atoms. The third-order valence-corrected chi connectivity index (χ3v) is 3.50. The van der Waals surface area contributed by atoms with Crippen LogP contribution in [0.25, 0.3) is 0 Å². The van der Waals surface area contributed by atoms with E-state index in [1.165, 1.54) is 0 Å². The Bertz CT molecular complexity index is 605. The van der Waals surface area contributed by atoms with Crippen molar-refractivity contribution in [2.75, 3.05) is 13.3 Å². The van der Waals surface area contributed by atoms with Crippen molar-refractivity contribution in [2.24, 2.45) is 0 Å². The predicted octanol–water partition coefficient (Wildman–Crippen LogP) is -2.12. The summed E-state index contributed by atoms with van der Waals surface area (Å²) in [5, 5.41) is 29.5. The zero-order chi connectivity index (χ0) is 15.1. The summed E-state index contributed by atoms with van der Waals surface area (Å²) in [7, 11) is 0. The summed E-state index contributed by atoms with van der Waals surface area (Å²) >= 11 is 0. The lowest BCUT2D eigenvalue weighted by Gasteiger charge is -2.29. The molecule has 1 saturated heterocycles. The summed E-state index contributed by atoms with van der Waals surface area (Å²) in [6.45, 7) is -0.988. The van der Waals surface area contributed by atoms with Gasteiger partial charge in [0.25, 0.3) is 5.56 Å². The van der Waals surface area contributed by atoms with Gasteiger partial charge >= 0.3 is 5.69 Å². The Hall–Kier alpha value is -1.55. The van der Waals surface area contributed by atoms with Crippen LogP contribution in [-0.2, 0) is 4.74 Å². The maximum Gasteiger partial charge on any atom is 0.330 e. The standard InChI is InChI=1S/C11H15FN2O6/c1-10(19)7(17)11(4-12,5-15)20-8(10)14-3-2-6(16)13-9(14)18/h2-3,7-8,15,17,19H,4-5H2,1H3,(H,13,16,18)/t7-,8+,10+,11?/m0/s1. The Morgan fingerprint density at radius 3 is 2.65 bits per heavy atom. The van der Waals surface area contributed by atoms with Crippen LogP contribution in [-0.4, -0.2) is 55.5 Å². The van der Waals surface area contributed by atoms with Crippen LogP contribution < -0.4 is 11.2 Å². The lowest BCUT2D eigenvalue weighted by atomic mass is 9.88. The number of alkyl halides is 1. The van der Waals surface area contributed by atoms with Gasteiger partial charge in [-0.2, -0.15) is 0 Å². The van der Waals surface area contributed by atoms with E-state index >= 15 is 0 Å². The summed E-state index contributed by atoms with van der Waals surface area (Å²) in [4.78, 5) is 24.6. The van der Waals surface area contributed by atoms with E-state index in [-0.39, 0.29) is 0 Å². The second-order valence-electron chi connectivity index (χ2n) is 4.97. The van der Waals surface area contributed by atoms with Crippen LogP contribution in [0.4, 0.5) is 4.39 Å². The van der Waals surface area contributed by atoms with Gasteiger partial charge in [-0.25, -0.2) is 9.18 Å². The summed E-state index contributed by atoms with van der Waals surface area (Å²) in [6, 6.07) is 1.02. The highest BCUT2D eigenvalue weighted by molar-refractivity contribution is 5.08. The zero-order valence-electron chi connectivity index (χ0n) is 10.6. The second-order valence-corrected chi connectivity index (χ2v) is 4.97. The largest absolute Gasteiger partial charge is 0.393 e. The van der Waals surface area contributed by atoms with Crippen molar-refractivity contribution in [3.8, 4) is 0 Å². The first-order valence-electron chi connectivity index (χ1n) is 5.85. The molecule has 0 spiro atoms. The first-order valence-corrected chi connectivity index (χ1v) is 5.85. The highest BCUT2D eigenvalue weighted by Gasteiger charge is 2.61. The Balaban J connectivity index is 2.52. The monoisotopic (exact) mass is 290 g/mol. The Kier molecular flexibility index (Phi) is 3.54. The van der Waals surface area contributed by atoms with Crippen LogP contribution >= 0.6 is 0 Å². The Morgan fingerprint density at radius 1 is 1.55 bits per heavy atom. The van der Waals surface area contributed by atoms with Crippen molar-refractivity contribution in [1.82, 2.24) is 9.55 Å². The molecule has 8 nitrogen and oxygen atoms in total. The molecule has 4 atom stereocenters. The van der Waals surface area contributed by atoms with Crippen molar-refractivity contribution in [2.45, 2.75) is 30.5 Å². The predicted molar refractivity (Wildman–Crippen MR) is 63.9 cm³/mol. The van der Waals surface area contributed by atoms with Gasteiger partial charge in [0.1, 0.15) is 18.4 Å². The molecule has 0 radical (unpaired) electrons. The van der Waals surface area contributed by atoms with Crippen molar-refractivity contribution in [3.05, 3.63) is 33.1 Å². The third-order valence-electron chi connectivity index (χ3n) is 3.50. The van der Waals surface area contributed by atoms with Crippen LogP contribution in [0.2, 0.25) is 0 Å².